The van der Waals surface area contributed by atoms with Gasteiger partial charge in [-0.2, -0.15) is 0 Å². The topological polar surface area (TPSA) is 76.7 Å². The number of halogens is 1. The van der Waals surface area contributed by atoms with Gasteiger partial charge in [-0.25, -0.2) is 0 Å². The highest BCUT2D eigenvalue weighted by atomic mass is 35.5. The van der Waals surface area contributed by atoms with E-state index < -0.39 is 0 Å². The molecule has 24 heavy (non-hydrogen) atoms. The van der Waals surface area contributed by atoms with Crippen LogP contribution in [0.25, 0.3) is 0 Å². The van der Waals surface area contributed by atoms with Gasteiger partial charge >= 0.3 is 0 Å². The zero-order chi connectivity index (χ0) is 17.3. The van der Waals surface area contributed by atoms with E-state index in [4.69, 9.17) is 21.1 Å². The average Bonchev–Trinajstić information content (AvgIpc) is 2.94. The minimum atomic E-state index is -0.323. The van der Waals surface area contributed by atoms with Crippen molar-refractivity contribution in [3.63, 3.8) is 0 Å². The van der Waals surface area contributed by atoms with Crippen molar-refractivity contribution in [2.75, 3.05) is 24.9 Å². The summed E-state index contributed by atoms with van der Waals surface area (Å²) in [4.78, 5) is 23.9. The molecule has 1 aliphatic heterocycles. The first-order chi connectivity index (χ1) is 11.5. The minimum absolute atomic E-state index is 0.0776. The molecule has 7 heteroatoms. The summed E-state index contributed by atoms with van der Waals surface area (Å²) >= 11 is 6.10. The van der Waals surface area contributed by atoms with Crippen LogP contribution in [0.4, 0.5) is 11.4 Å². The SMILES string of the molecule is COc1cc(OC)c(NC(=O)c2ccc3c(c2)CC(=O)N3)cc1Cl. The Labute approximate surface area is 143 Å². The highest BCUT2D eigenvalue weighted by Crippen LogP contribution is 2.36. The molecule has 2 N–H and O–H groups in total. The van der Waals surface area contributed by atoms with Crippen LogP contribution < -0.4 is 20.1 Å². The third-order valence-corrected chi connectivity index (χ3v) is 4.01. The van der Waals surface area contributed by atoms with Gasteiger partial charge in [0.2, 0.25) is 5.91 Å². The largest absolute Gasteiger partial charge is 0.495 e. The Morgan fingerprint density at radius 2 is 1.92 bits per heavy atom. The fourth-order valence-electron chi connectivity index (χ4n) is 2.52. The molecule has 0 saturated carbocycles. The Hall–Kier alpha value is -2.73. The zero-order valence-electron chi connectivity index (χ0n) is 13.1. The number of anilines is 2. The lowest BCUT2D eigenvalue weighted by atomic mass is 10.1. The van der Waals surface area contributed by atoms with E-state index in [1.54, 1.807) is 30.3 Å². The molecule has 0 bridgehead atoms. The van der Waals surface area contributed by atoms with Gasteiger partial charge in [0.25, 0.3) is 5.91 Å². The van der Waals surface area contributed by atoms with Crippen LogP contribution >= 0.6 is 11.6 Å². The van der Waals surface area contributed by atoms with Crippen molar-refractivity contribution in [2.45, 2.75) is 6.42 Å². The second-order valence-electron chi connectivity index (χ2n) is 5.24. The Morgan fingerprint density at radius 3 is 2.62 bits per heavy atom. The van der Waals surface area contributed by atoms with Crippen molar-refractivity contribution in [1.82, 2.24) is 0 Å². The summed E-state index contributed by atoms with van der Waals surface area (Å²) in [6.45, 7) is 0. The quantitative estimate of drug-likeness (QED) is 0.891. The molecule has 3 rings (SSSR count). The van der Waals surface area contributed by atoms with Crippen molar-refractivity contribution in [3.8, 4) is 11.5 Å². The van der Waals surface area contributed by atoms with Crippen LogP contribution in [0.5, 0.6) is 11.5 Å². The molecule has 2 amide bonds. The molecule has 0 spiro atoms. The molecule has 124 valence electrons. The molecule has 1 aliphatic rings. The summed E-state index contributed by atoms with van der Waals surface area (Å²) in [6, 6.07) is 8.23. The van der Waals surface area contributed by atoms with Gasteiger partial charge in [0.15, 0.2) is 0 Å². The smallest absolute Gasteiger partial charge is 0.255 e. The number of nitrogens with one attached hydrogen (secondary N) is 2. The number of hydrogen-bond donors (Lipinski definition) is 2. The monoisotopic (exact) mass is 346 g/mol. The van der Waals surface area contributed by atoms with Crippen LogP contribution in [-0.2, 0) is 11.2 Å². The van der Waals surface area contributed by atoms with Gasteiger partial charge in [-0.3, -0.25) is 9.59 Å². The summed E-state index contributed by atoms with van der Waals surface area (Å²) in [7, 11) is 2.99. The summed E-state index contributed by atoms with van der Waals surface area (Å²) < 4.78 is 10.4. The second kappa shape index (κ2) is 6.41. The maximum absolute atomic E-state index is 12.5. The van der Waals surface area contributed by atoms with Crippen molar-refractivity contribution >= 4 is 34.8 Å². The van der Waals surface area contributed by atoms with Crippen LogP contribution in [0.15, 0.2) is 30.3 Å². The van der Waals surface area contributed by atoms with E-state index in [2.05, 4.69) is 10.6 Å². The summed E-state index contributed by atoms with van der Waals surface area (Å²) in [6.07, 6.45) is 0.272. The van der Waals surface area contributed by atoms with Crippen LogP contribution in [0.1, 0.15) is 15.9 Å². The van der Waals surface area contributed by atoms with E-state index in [9.17, 15) is 9.59 Å². The number of carbonyl (C=O) groups excluding carboxylic acids is 2. The van der Waals surface area contributed by atoms with Gasteiger partial charge in [0.1, 0.15) is 11.5 Å². The lowest BCUT2D eigenvalue weighted by molar-refractivity contribution is -0.115. The van der Waals surface area contributed by atoms with E-state index in [-0.39, 0.29) is 18.2 Å². The number of carbonyl (C=O) groups is 2. The highest BCUT2D eigenvalue weighted by Gasteiger charge is 2.20. The van der Waals surface area contributed by atoms with Crippen molar-refractivity contribution in [1.29, 1.82) is 0 Å². The summed E-state index contributed by atoms with van der Waals surface area (Å²) in [5, 5.41) is 5.85. The molecule has 0 atom stereocenters. The third-order valence-electron chi connectivity index (χ3n) is 3.71. The molecule has 0 unspecified atom stereocenters. The van der Waals surface area contributed by atoms with Gasteiger partial charge in [-0.05, 0) is 29.8 Å². The third kappa shape index (κ3) is 3.00. The molecule has 6 nitrogen and oxygen atoms in total. The van der Waals surface area contributed by atoms with Crippen molar-refractivity contribution in [2.24, 2.45) is 0 Å². The first-order valence-electron chi connectivity index (χ1n) is 7.17. The molecule has 0 aliphatic carbocycles. The summed E-state index contributed by atoms with van der Waals surface area (Å²) in [5.74, 6) is 0.485. The molecular formula is C17H15ClN2O4. The Balaban J connectivity index is 1.86. The van der Waals surface area contributed by atoms with E-state index >= 15 is 0 Å². The minimum Gasteiger partial charge on any atom is -0.495 e. The lowest BCUT2D eigenvalue weighted by Crippen LogP contribution is -2.13. The number of methoxy groups -OCH3 is 2. The summed E-state index contributed by atoms with van der Waals surface area (Å²) in [5.41, 5.74) is 2.41. The first-order valence-corrected chi connectivity index (χ1v) is 7.55. The fourth-order valence-corrected chi connectivity index (χ4v) is 2.76. The average molecular weight is 347 g/mol. The highest BCUT2D eigenvalue weighted by molar-refractivity contribution is 6.32. The van der Waals surface area contributed by atoms with Gasteiger partial charge in [0, 0.05) is 17.3 Å². The van der Waals surface area contributed by atoms with Crippen LogP contribution in [0, 0.1) is 0 Å². The van der Waals surface area contributed by atoms with Gasteiger partial charge in [0.05, 0.1) is 31.4 Å². The van der Waals surface area contributed by atoms with Gasteiger partial charge < -0.3 is 20.1 Å². The van der Waals surface area contributed by atoms with Crippen LogP contribution in [0.2, 0.25) is 5.02 Å². The Bertz CT molecular complexity index is 836. The number of amides is 2. The molecule has 0 aromatic heterocycles. The van der Waals surface area contributed by atoms with E-state index in [0.717, 1.165) is 11.3 Å². The van der Waals surface area contributed by atoms with E-state index in [1.807, 2.05) is 0 Å². The predicted molar refractivity (Wildman–Crippen MR) is 91.3 cm³/mol. The number of benzene rings is 2. The molecule has 2 aromatic carbocycles. The Kier molecular flexibility index (Phi) is 4.31. The Morgan fingerprint density at radius 1 is 1.17 bits per heavy atom. The normalized spacial score (nSPS) is 12.4. The predicted octanol–water partition coefficient (Wildman–Crippen LogP) is 3.10. The number of rotatable bonds is 4. The molecule has 2 aromatic rings. The van der Waals surface area contributed by atoms with Crippen LogP contribution in [-0.4, -0.2) is 26.0 Å². The van der Waals surface area contributed by atoms with E-state index in [0.29, 0.717) is 27.8 Å². The van der Waals surface area contributed by atoms with Crippen LogP contribution in [0.3, 0.4) is 0 Å². The maximum Gasteiger partial charge on any atom is 0.255 e. The van der Waals surface area contributed by atoms with Crippen molar-refractivity contribution in [3.05, 3.63) is 46.5 Å². The first kappa shape index (κ1) is 16.1. The molecule has 0 radical (unpaired) electrons. The fraction of sp³-hybridized carbons (Fsp3) is 0.176. The second-order valence-corrected chi connectivity index (χ2v) is 5.65. The number of fused-ring (bicyclic) bond motifs is 1. The molecule has 1 heterocycles. The standard InChI is InChI=1S/C17H15ClN2O4/c1-23-14-8-15(24-2)13(7-11(14)18)20-17(22)9-3-4-12-10(5-9)6-16(21)19-12/h3-5,7-8H,6H2,1-2H3,(H,19,21)(H,20,22). The van der Waals surface area contributed by atoms with Gasteiger partial charge in [-0.15, -0.1) is 0 Å². The molecule has 0 fully saturated rings. The van der Waals surface area contributed by atoms with E-state index in [1.165, 1.54) is 14.2 Å². The number of ether oxygens (including phenoxy) is 2. The van der Waals surface area contributed by atoms with Crippen molar-refractivity contribution < 1.29 is 19.1 Å². The van der Waals surface area contributed by atoms with Gasteiger partial charge in [-0.1, -0.05) is 11.6 Å². The molecule has 0 saturated heterocycles. The number of hydrogen-bond acceptors (Lipinski definition) is 4. The zero-order valence-corrected chi connectivity index (χ0v) is 13.9. The maximum atomic E-state index is 12.5. The molecular weight excluding hydrogens is 332 g/mol. The lowest BCUT2D eigenvalue weighted by Gasteiger charge is -2.13.